The Balaban J connectivity index is 1.92. The summed E-state index contributed by atoms with van der Waals surface area (Å²) in [5.41, 5.74) is 2.38. The Morgan fingerprint density at radius 2 is 1.88 bits per heavy atom. The standard InChI is InChI=1S/C18H17NO4S/c1-22-16(20)14-15(19-9-5-6-10-19)13-11-7-3-4-8-12(11)24-18(13,14)17(21)23-2/h3-8,13H,9-10H2,1-2H3. The summed E-state index contributed by atoms with van der Waals surface area (Å²) in [7, 11) is 2.71. The number of carbonyl (C=O) groups excluding carboxylic acids is 2. The van der Waals surface area contributed by atoms with Crippen molar-refractivity contribution in [3.05, 3.63) is 53.3 Å². The van der Waals surface area contributed by atoms with Crippen molar-refractivity contribution in [2.75, 3.05) is 27.3 Å². The largest absolute Gasteiger partial charge is 0.468 e. The second-order valence-electron chi connectivity index (χ2n) is 5.93. The molecule has 0 bridgehead atoms. The van der Waals surface area contributed by atoms with Gasteiger partial charge in [-0.15, -0.1) is 11.8 Å². The SMILES string of the molecule is COC(=O)C1=C(N2CC=CC2)C2c3ccccc3SC12C(=O)OC. The summed E-state index contributed by atoms with van der Waals surface area (Å²) in [6.07, 6.45) is 4.13. The number of hydrogen-bond donors (Lipinski definition) is 0. The van der Waals surface area contributed by atoms with Gasteiger partial charge in [0.05, 0.1) is 25.7 Å². The lowest BCUT2D eigenvalue weighted by molar-refractivity contribution is -0.147. The Bertz CT molecular complexity index is 792. The molecule has 0 radical (unpaired) electrons. The summed E-state index contributed by atoms with van der Waals surface area (Å²) in [5, 5.41) is 0. The molecule has 6 heteroatoms. The molecule has 124 valence electrons. The molecule has 4 rings (SSSR count). The number of ether oxygens (including phenoxy) is 2. The molecule has 0 saturated carbocycles. The van der Waals surface area contributed by atoms with Crippen LogP contribution in [0.15, 0.2) is 52.6 Å². The number of benzene rings is 1. The summed E-state index contributed by atoms with van der Waals surface area (Å²) >= 11 is 1.40. The monoisotopic (exact) mass is 343 g/mol. The van der Waals surface area contributed by atoms with Crippen LogP contribution in [0.4, 0.5) is 0 Å². The lowest BCUT2D eigenvalue weighted by Gasteiger charge is -2.47. The zero-order chi connectivity index (χ0) is 16.9. The van der Waals surface area contributed by atoms with Crippen molar-refractivity contribution in [2.45, 2.75) is 15.6 Å². The molecular weight excluding hydrogens is 326 g/mol. The van der Waals surface area contributed by atoms with Gasteiger partial charge in [0.25, 0.3) is 0 Å². The third kappa shape index (κ3) is 1.77. The summed E-state index contributed by atoms with van der Waals surface area (Å²) < 4.78 is 9.06. The van der Waals surface area contributed by atoms with E-state index < -0.39 is 16.7 Å². The molecule has 24 heavy (non-hydrogen) atoms. The zero-order valence-electron chi connectivity index (χ0n) is 13.4. The highest BCUT2D eigenvalue weighted by atomic mass is 32.2. The van der Waals surface area contributed by atoms with E-state index in [1.54, 1.807) is 0 Å². The summed E-state index contributed by atoms with van der Waals surface area (Å²) in [6, 6.07) is 7.91. The first-order valence-corrected chi connectivity index (χ1v) is 8.56. The first kappa shape index (κ1) is 15.3. The molecule has 0 N–H and O–H groups in total. The lowest BCUT2D eigenvalue weighted by atomic mass is 9.66. The van der Waals surface area contributed by atoms with Gasteiger partial charge >= 0.3 is 11.9 Å². The van der Waals surface area contributed by atoms with Crippen LogP contribution >= 0.6 is 11.8 Å². The van der Waals surface area contributed by atoms with Gasteiger partial charge < -0.3 is 14.4 Å². The van der Waals surface area contributed by atoms with E-state index in [0.29, 0.717) is 5.57 Å². The highest BCUT2D eigenvalue weighted by Gasteiger charge is 2.68. The van der Waals surface area contributed by atoms with E-state index in [0.717, 1.165) is 29.2 Å². The Morgan fingerprint density at radius 3 is 2.54 bits per heavy atom. The maximum Gasteiger partial charge on any atom is 0.337 e. The molecule has 0 spiro atoms. The number of hydrogen-bond acceptors (Lipinski definition) is 6. The van der Waals surface area contributed by atoms with Crippen molar-refractivity contribution >= 4 is 23.7 Å². The molecular formula is C18H17NO4S. The van der Waals surface area contributed by atoms with Gasteiger partial charge in [0.2, 0.25) is 0 Å². The number of methoxy groups -OCH3 is 2. The predicted octanol–water partition coefficient (Wildman–Crippen LogP) is 2.10. The van der Waals surface area contributed by atoms with E-state index in [4.69, 9.17) is 9.47 Å². The van der Waals surface area contributed by atoms with Crippen molar-refractivity contribution in [2.24, 2.45) is 0 Å². The Kier molecular flexibility index (Phi) is 3.46. The van der Waals surface area contributed by atoms with Crippen molar-refractivity contribution in [1.82, 2.24) is 4.90 Å². The van der Waals surface area contributed by atoms with E-state index in [-0.39, 0.29) is 5.92 Å². The van der Waals surface area contributed by atoms with Crippen LogP contribution in [0.25, 0.3) is 0 Å². The second-order valence-corrected chi connectivity index (χ2v) is 7.22. The van der Waals surface area contributed by atoms with Crippen LogP contribution in [0.2, 0.25) is 0 Å². The minimum Gasteiger partial charge on any atom is -0.468 e. The van der Waals surface area contributed by atoms with Gasteiger partial charge in [0.15, 0.2) is 4.75 Å². The Labute approximate surface area is 144 Å². The van der Waals surface area contributed by atoms with Crippen LogP contribution in [0, 0.1) is 0 Å². The smallest absolute Gasteiger partial charge is 0.337 e. The molecule has 2 aliphatic heterocycles. The van der Waals surface area contributed by atoms with Crippen molar-refractivity contribution in [1.29, 1.82) is 0 Å². The quantitative estimate of drug-likeness (QED) is 0.619. The van der Waals surface area contributed by atoms with Crippen LogP contribution in [0.3, 0.4) is 0 Å². The third-order valence-corrected chi connectivity index (χ3v) is 6.37. The molecule has 0 fully saturated rings. The molecule has 1 aromatic carbocycles. The molecule has 3 aliphatic rings. The highest BCUT2D eigenvalue weighted by Crippen LogP contribution is 2.67. The first-order valence-electron chi connectivity index (χ1n) is 7.74. The normalized spacial score (nSPS) is 26.8. The molecule has 1 aliphatic carbocycles. The van der Waals surface area contributed by atoms with E-state index in [2.05, 4.69) is 17.1 Å². The number of carbonyl (C=O) groups is 2. The molecule has 1 aromatic rings. The number of nitrogens with zero attached hydrogens (tertiary/aromatic N) is 1. The van der Waals surface area contributed by atoms with Crippen LogP contribution < -0.4 is 0 Å². The van der Waals surface area contributed by atoms with Gasteiger partial charge in [-0.05, 0) is 11.6 Å². The van der Waals surface area contributed by atoms with Gasteiger partial charge in [-0.2, -0.15) is 0 Å². The van der Waals surface area contributed by atoms with Gasteiger partial charge in [-0.1, -0.05) is 30.4 Å². The number of esters is 2. The molecule has 2 unspecified atom stereocenters. The fraction of sp³-hybridized carbons (Fsp3) is 0.333. The van der Waals surface area contributed by atoms with Gasteiger partial charge in [-0.3, -0.25) is 4.79 Å². The van der Waals surface area contributed by atoms with Crippen molar-refractivity contribution in [3.8, 4) is 0 Å². The predicted molar refractivity (Wildman–Crippen MR) is 89.5 cm³/mol. The van der Waals surface area contributed by atoms with Crippen LogP contribution in [0.1, 0.15) is 11.5 Å². The van der Waals surface area contributed by atoms with E-state index in [1.807, 2.05) is 24.3 Å². The number of allylic oxidation sites excluding steroid dienone is 1. The number of rotatable bonds is 3. The fourth-order valence-corrected chi connectivity index (χ4v) is 5.45. The fourth-order valence-electron chi connectivity index (χ4n) is 3.84. The average Bonchev–Trinajstić information content (AvgIpc) is 3.20. The van der Waals surface area contributed by atoms with Crippen LogP contribution in [-0.2, 0) is 19.1 Å². The molecule has 0 aromatic heterocycles. The summed E-state index contributed by atoms with van der Waals surface area (Å²) in [4.78, 5) is 28.4. The van der Waals surface area contributed by atoms with Crippen molar-refractivity contribution in [3.63, 3.8) is 0 Å². The number of thioether (sulfide) groups is 1. The van der Waals surface area contributed by atoms with E-state index >= 15 is 0 Å². The molecule has 0 saturated heterocycles. The zero-order valence-corrected chi connectivity index (χ0v) is 14.3. The van der Waals surface area contributed by atoms with E-state index in [1.165, 1.54) is 26.0 Å². The van der Waals surface area contributed by atoms with Crippen molar-refractivity contribution < 1.29 is 19.1 Å². The van der Waals surface area contributed by atoms with Gasteiger partial charge in [0, 0.05) is 23.7 Å². The topological polar surface area (TPSA) is 55.8 Å². The van der Waals surface area contributed by atoms with Gasteiger partial charge in [-0.25, -0.2) is 4.79 Å². The van der Waals surface area contributed by atoms with Crippen LogP contribution in [0.5, 0.6) is 0 Å². The first-order chi connectivity index (χ1) is 11.6. The summed E-state index contributed by atoms with van der Waals surface area (Å²) in [5.74, 6) is -1.04. The average molecular weight is 343 g/mol. The minimum absolute atomic E-state index is 0.180. The summed E-state index contributed by atoms with van der Waals surface area (Å²) in [6.45, 7) is 1.47. The molecule has 2 atom stereocenters. The second kappa shape index (κ2) is 5.41. The molecule has 0 amide bonds. The highest BCUT2D eigenvalue weighted by molar-refractivity contribution is 8.02. The maximum absolute atomic E-state index is 12.7. The third-order valence-electron chi connectivity index (χ3n) is 4.85. The Hall–Kier alpha value is -2.21. The lowest BCUT2D eigenvalue weighted by Crippen LogP contribution is -2.56. The maximum atomic E-state index is 12.7. The minimum atomic E-state index is -1.04. The number of fused-ring (bicyclic) bond motifs is 3. The van der Waals surface area contributed by atoms with Crippen LogP contribution in [-0.4, -0.2) is 48.9 Å². The van der Waals surface area contributed by atoms with Gasteiger partial charge in [0.1, 0.15) is 0 Å². The Morgan fingerprint density at radius 1 is 1.17 bits per heavy atom. The van der Waals surface area contributed by atoms with E-state index in [9.17, 15) is 9.59 Å². The molecule has 2 heterocycles. The molecule has 5 nitrogen and oxygen atoms in total.